The Balaban J connectivity index is 1.77. The summed E-state index contributed by atoms with van der Waals surface area (Å²) in [5.74, 6) is 1.73. The van der Waals surface area contributed by atoms with E-state index in [1.54, 1.807) is 4.90 Å². The van der Waals surface area contributed by atoms with Gasteiger partial charge < -0.3 is 10.8 Å². The number of nitrogens with zero attached hydrogens (tertiary/aromatic N) is 2. The minimum absolute atomic E-state index is 0.0437. The van der Waals surface area contributed by atoms with Crippen LogP contribution in [-0.2, 0) is 4.79 Å². The molecule has 0 aromatic rings. The third kappa shape index (κ3) is 4.90. The van der Waals surface area contributed by atoms with Crippen LogP contribution in [0.3, 0.4) is 0 Å². The maximum atomic E-state index is 13.7. The van der Waals surface area contributed by atoms with E-state index in [0.717, 1.165) is 38.0 Å². The molecule has 3 aliphatic rings. The Bertz CT molecular complexity index is 538. The van der Waals surface area contributed by atoms with Gasteiger partial charge in [-0.3, -0.25) is 9.69 Å². The molecule has 1 amide bonds. The van der Waals surface area contributed by atoms with Crippen molar-refractivity contribution < 1.29 is 9.90 Å². The van der Waals surface area contributed by atoms with E-state index in [4.69, 9.17) is 10.7 Å². The fraction of sp³-hybridized carbons (Fsp3) is 0.913. The molecule has 2 fully saturated rings. The maximum Gasteiger partial charge on any atom is 0.257 e. The van der Waals surface area contributed by atoms with Crippen LogP contribution in [0.2, 0.25) is 0 Å². The number of guanidine groups is 1. The van der Waals surface area contributed by atoms with E-state index in [0.29, 0.717) is 11.9 Å². The number of nitrogens with two attached hydrogens (primary N) is 1. The molecule has 0 bridgehead atoms. The first kappa shape index (κ1) is 21.6. The topological polar surface area (TPSA) is 78.9 Å². The Morgan fingerprint density at radius 2 is 1.71 bits per heavy atom. The van der Waals surface area contributed by atoms with Gasteiger partial charge in [0.2, 0.25) is 0 Å². The Morgan fingerprint density at radius 1 is 1.11 bits per heavy atom. The number of aliphatic hydroxyl groups excluding tert-OH is 1. The van der Waals surface area contributed by atoms with Crippen molar-refractivity contribution in [2.24, 2.45) is 22.6 Å². The largest absolute Gasteiger partial charge is 0.394 e. The molecule has 2 saturated carbocycles. The molecule has 2 unspecified atom stereocenters. The number of carbonyl (C=O) groups is 1. The molecular formula is C23H41N3O2. The van der Waals surface area contributed by atoms with Crippen LogP contribution in [0, 0.1) is 11.8 Å². The molecule has 3 N–H and O–H groups in total. The molecule has 0 radical (unpaired) electrons. The monoisotopic (exact) mass is 391 g/mol. The second-order valence-electron chi connectivity index (χ2n) is 9.55. The molecule has 5 heteroatoms. The van der Waals surface area contributed by atoms with Crippen molar-refractivity contribution in [1.82, 2.24) is 4.90 Å². The molecule has 2 aliphatic carbocycles. The highest BCUT2D eigenvalue weighted by Gasteiger charge is 2.50. The molecule has 0 saturated heterocycles. The highest BCUT2D eigenvalue weighted by Crippen LogP contribution is 2.41. The Labute approximate surface area is 171 Å². The van der Waals surface area contributed by atoms with E-state index in [1.807, 2.05) is 0 Å². The van der Waals surface area contributed by atoms with Crippen LogP contribution < -0.4 is 5.73 Å². The van der Waals surface area contributed by atoms with E-state index < -0.39 is 5.54 Å². The number of amides is 1. The molecule has 28 heavy (non-hydrogen) atoms. The maximum absolute atomic E-state index is 13.7. The molecule has 1 aliphatic heterocycles. The van der Waals surface area contributed by atoms with Gasteiger partial charge in [0.05, 0.1) is 12.6 Å². The van der Waals surface area contributed by atoms with E-state index in [1.165, 1.54) is 64.2 Å². The van der Waals surface area contributed by atoms with Crippen molar-refractivity contribution in [1.29, 1.82) is 0 Å². The van der Waals surface area contributed by atoms with Gasteiger partial charge in [-0.25, -0.2) is 4.99 Å². The van der Waals surface area contributed by atoms with Crippen LogP contribution in [0.15, 0.2) is 4.99 Å². The highest BCUT2D eigenvalue weighted by molar-refractivity contribution is 6.07. The van der Waals surface area contributed by atoms with Gasteiger partial charge in [0.25, 0.3) is 5.91 Å². The first-order valence-electron chi connectivity index (χ1n) is 11.9. The van der Waals surface area contributed by atoms with Gasteiger partial charge in [-0.2, -0.15) is 0 Å². The molecule has 5 nitrogen and oxygen atoms in total. The average Bonchev–Trinajstić information content (AvgIpc) is 2.96. The molecule has 2 atom stereocenters. The van der Waals surface area contributed by atoms with Gasteiger partial charge in [-0.05, 0) is 37.5 Å². The van der Waals surface area contributed by atoms with Crippen LogP contribution in [0.25, 0.3) is 0 Å². The molecular weight excluding hydrogens is 350 g/mol. The van der Waals surface area contributed by atoms with Crippen molar-refractivity contribution in [2.45, 2.75) is 115 Å². The summed E-state index contributed by atoms with van der Waals surface area (Å²) in [6, 6.07) is -0.232. The van der Waals surface area contributed by atoms with Crippen LogP contribution in [0.4, 0.5) is 0 Å². The second kappa shape index (κ2) is 10.1. The predicted octanol–water partition coefficient (Wildman–Crippen LogP) is 4.37. The zero-order valence-electron chi connectivity index (χ0n) is 17.9. The van der Waals surface area contributed by atoms with E-state index in [9.17, 15) is 9.90 Å². The number of hydrogen-bond donors (Lipinski definition) is 2. The summed E-state index contributed by atoms with van der Waals surface area (Å²) < 4.78 is 0. The summed E-state index contributed by atoms with van der Waals surface area (Å²) >= 11 is 0. The van der Waals surface area contributed by atoms with Gasteiger partial charge in [0, 0.05) is 0 Å². The van der Waals surface area contributed by atoms with Crippen molar-refractivity contribution in [3.05, 3.63) is 0 Å². The zero-order valence-corrected chi connectivity index (χ0v) is 17.9. The van der Waals surface area contributed by atoms with Crippen molar-refractivity contribution in [3.8, 4) is 0 Å². The summed E-state index contributed by atoms with van der Waals surface area (Å²) in [4.78, 5) is 20.2. The van der Waals surface area contributed by atoms with Gasteiger partial charge in [-0.1, -0.05) is 77.6 Å². The summed E-state index contributed by atoms with van der Waals surface area (Å²) in [7, 11) is 0. The third-order valence-electron chi connectivity index (χ3n) is 7.43. The molecule has 1 heterocycles. The Morgan fingerprint density at radius 3 is 2.29 bits per heavy atom. The van der Waals surface area contributed by atoms with Crippen LogP contribution in [0.5, 0.6) is 0 Å². The van der Waals surface area contributed by atoms with Gasteiger partial charge >= 0.3 is 0 Å². The number of aliphatic hydroxyl groups is 1. The summed E-state index contributed by atoms with van der Waals surface area (Å²) in [5.41, 5.74) is 5.63. The minimum atomic E-state index is -0.676. The summed E-state index contributed by atoms with van der Waals surface area (Å²) in [6.45, 7) is 2.03. The molecule has 0 spiro atoms. The number of carbonyl (C=O) groups excluding carboxylic acids is 1. The third-order valence-corrected chi connectivity index (χ3v) is 7.43. The summed E-state index contributed by atoms with van der Waals surface area (Å²) in [5, 5.41) is 9.87. The van der Waals surface area contributed by atoms with Crippen LogP contribution in [0.1, 0.15) is 103 Å². The highest BCUT2D eigenvalue weighted by atomic mass is 16.3. The molecule has 0 aromatic carbocycles. The minimum Gasteiger partial charge on any atom is -0.394 e. The van der Waals surface area contributed by atoms with Gasteiger partial charge in [0.1, 0.15) is 5.54 Å². The smallest absolute Gasteiger partial charge is 0.257 e. The SMILES string of the molecule is CCCC(CO)N1C(=O)C(CCC2CCCCC2)(CC2CCCCC2)N=C1N. The van der Waals surface area contributed by atoms with E-state index >= 15 is 0 Å². The number of hydrogen-bond acceptors (Lipinski definition) is 4. The first-order valence-corrected chi connectivity index (χ1v) is 11.9. The molecule has 3 rings (SSSR count). The van der Waals surface area contributed by atoms with Gasteiger partial charge in [0.15, 0.2) is 5.96 Å². The Hall–Kier alpha value is -1.10. The van der Waals surface area contributed by atoms with E-state index in [-0.39, 0.29) is 18.6 Å². The fourth-order valence-electron chi connectivity index (χ4n) is 5.82. The summed E-state index contributed by atoms with van der Waals surface area (Å²) in [6.07, 6.45) is 17.3. The van der Waals surface area contributed by atoms with Crippen molar-refractivity contribution in [2.75, 3.05) is 6.61 Å². The lowest BCUT2D eigenvalue weighted by atomic mass is 9.75. The van der Waals surface area contributed by atoms with Crippen LogP contribution >= 0.6 is 0 Å². The predicted molar refractivity (Wildman–Crippen MR) is 114 cm³/mol. The van der Waals surface area contributed by atoms with Crippen molar-refractivity contribution in [3.63, 3.8) is 0 Å². The quantitative estimate of drug-likeness (QED) is 0.612. The Kier molecular flexibility index (Phi) is 7.78. The molecule has 0 aromatic heterocycles. The van der Waals surface area contributed by atoms with Crippen LogP contribution in [-0.4, -0.2) is 40.1 Å². The number of aliphatic imine (C=N–C) groups is 1. The van der Waals surface area contributed by atoms with Gasteiger partial charge in [-0.15, -0.1) is 0 Å². The first-order chi connectivity index (χ1) is 13.6. The second-order valence-corrected chi connectivity index (χ2v) is 9.55. The normalized spacial score (nSPS) is 28.6. The van der Waals surface area contributed by atoms with E-state index in [2.05, 4.69) is 6.92 Å². The lowest BCUT2D eigenvalue weighted by Gasteiger charge is -2.34. The standard InChI is InChI=1S/C23H41N3O2/c1-2-9-20(17-27)26-21(28)23(25-22(26)24,16-19-12-7-4-8-13-19)15-14-18-10-5-3-6-11-18/h18-20,27H,2-17H2,1H3,(H2,24,25). The average molecular weight is 392 g/mol. The van der Waals surface area contributed by atoms with Crippen molar-refractivity contribution >= 4 is 11.9 Å². The zero-order chi connectivity index (χ0) is 20.0. The number of rotatable bonds is 9. The molecule has 160 valence electrons. The lowest BCUT2D eigenvalue weighted by Crippen LogP contribution is -2.51. The fourth-order valence-corrected chi connectivity index (χ4v) is 5.82. The lowest BCUT2D eigenvalue weighted by molar-refractivity contribution is -0.134.